The highest BCUT2D eigenvalue weighted by molar-refractivity contribution is 6.04. The lowest BCUT2D eigenvalue weighted by Crippen LogP contribution is -2.27. The van der Waals surface area contributed by atoms with Crippen molar-refractivity contribution in [3.05, 3.63) is 65.2 Å². The maximum atomic E-state index is 12.2. The Bertz CT molecular complexity index is 729. The summed E-state index contributed by atoms with van der Waals surface area (Å²) >= 11 is 0. The third kappa shape index (κ3) is 4.69. The van der Waals surface area contributed by atoms with Gasteiger partial charge in [0.1, 0.15) is 0 Å². The minimum Gasteiger partial charge on any atom is -0.343 e. The zero-order chi connectivity index (χ0) is 17.6. The zero-order valence-electron chi connectivity index (χ0n) is 14.6. The molecule has 0 atom stereocenters. The van der Waals surface area contributed by atoms with Crippen LogP contribution in [0, 0.1) is 6.92 Å². The Morgan fingerprint density at radius 2 is 1.60 bits per heavy atom. The lowest BCUT2D eigenvalue weighted by atomic mass is 10.1. The molecule has 4 nitrogen and oxygen atoms in total. The molecule has 2 aromatic rings. The van der Waals surface area contributed by atoms with Crippen LogP contribution in [0.4, 0.5) is 5.69 Å². The van der Waals surface area contributed by atoms with Crippen LogP contribution in [0.3, 0.4) is 0 Å². The minimum atomic E-state index is -0.114. The summed E-state index contributed by atoms with van der Waals surface area (Å²) in [5, 5.41) is 2.90. The number of nitrogens with one attached hydrogen (secondary N) is 1. The summed E-state index contributed by atoms with van der Waals surface area (Å²) in [5.41, 5.74) is 3.65. The maximum absolute atomic E-state index is 12.2. The molecular formula is C21H24N2O2. The molecule has 0 unspecified atom stereocenters. The SMILES string of the molecule is Cc1ccc(C(=O)Nc2ccc(CCC(=O)N3CCCC3)cc2)cc1. The second-order valence-corrected chi connectivity index (χ2v) is 6.60. The highest BCUT2D eigenvalue weighted by Gasteiger charge is 2.17. The zero-order valence-corrected chi connectivity index (χ0v) is 14.6. The van der Waals surface area contributed by atoms with Crippen LogP contribution in [0.2, 0.25) is 0 Å². The fourth-order valence-electron chi connectivity index (χ4n) is 3.04. The van der Waals surface area contributed by atoms with Gasteiger partial charge in [-0.3, -0.25) is 9.59 Å². The number of likely N-dealkylation sites (tertiary alicyclic amines) is 1. The molecule has 0 aliphatic carbocycles. The van der Waals surface area contributed by atoms with Crippen molar-refractivity contribution in [2.24, 2.45) is 0 Å². The Morgan fingerprint density at radius 1 is 0.960 bits per heavy atom. The number of carbonyl (C=O) groups excluding carboxylic acids is 2. The summed E-state index contributed by atoms with van der Waals surface area (Å²) in [4.78, 5) is 26.2. The molecular weight excluding hydrogens is 312 g/mol. The normalized spacial score (nSPS) is 13.7. The quantitative estimate of drug-likeness (QED) is 0.903. The Kier molecular flexibility index (Phi) is 5.49. The van der Waals surface area contributed by atoms with Gasteiger partial charge in [0.25, 0.3) is 5.91 Å². The molecule has 130 valence electrons. The van der Waals surface area contributed by atoms with Crippen LogP contribution in [0.5, 0.6) is 0 Å². The topological polar surface area (TPSA) is 49.4 Å². The second-order valence-electron chi connectivity index (χ2n) is 6.60. The van der Waals surface area contributed by atoms with Crippen LogP contribution in [0.15, 0.2) is 48.5 Å². The summed E-state index contributed by atoms with van der Waals surface area (Å²) < 4.78 is 0. The van der Waals surface area contributed by atoms with Gasteiger partial charge in [0.2, 0.25) is 5.91 Å². The van der Waals surface area contributed by atoms with Gasteiger partial charge in [-0.15, -0.1) is 0 Å². The first-order chi connectivity index (χ1) is 12.1. The van der Waals surface area contributed by atoms with Gasteiger partial charge in [0.15, 0.2) is 0 Å². The highest BCUT2D eigenvalue weighted by atomic mass is 16.2. The smallest absolute Gasteiger partial charge is 0.255 e. The number of benzene rings is 2. The van der Waals surface area contributed by atoms with Crippen LogP contribution in [-0.4, -0.2) is 29.8 Å². The van der Waals surface area contributed by atoms with Crippen LogP contribution < -0.4 is 5.32 Å². The van der Waals surface area contributed by atoms with Crippen molar-refractivity contribution in [2.45, 2.75) is 32.6 Å². The average Bonchev–Trinajstić information content (AvgIpc) is 3.16. The van der Waals surface area contributed by atoms with E-state index in [9.17, 15) is 9.59 Å². The highest BCUT2D eigenvalue weighted by Crippen LogP contribution is 2.15. The van der Waals surface area contributed by atoms with Crippen molar-refractivity contribution in [3.8, 4) is 0 Å². The van der Waals surface area contributed by atoms with Gasteiger partial charge in [0.05, 0.1) is 0 Å². The Hall–Kier alpha value is -2.62. The standard InChI is InChI=1S/C21H24N2O2/c1-16-4-9-18(10-5-16)21(25)22-19-11-6-17(7-12-19)8-13-20(24)23-14-2-3-15-23/h4-7,9-12H,2-3,8,13-15H2,1H3,(H,22,25). The molecule has 0 spiro atoms. The van der Waals surface area contributed by atoms with E-state index in [0.717, 1.165) is 49.2 Å². The molecule has 1 aliphatic rings. The Morgan fingerprint density at radius 3 is 2.24 bits per heavy atom. The molecule has 0 aromatic heterocycles. The van der Waals surface area contributed by atoms with E-state index >= 15 is 0 Å². The van der Waals surface area contributed by atoms with Gasteiger partial charge in [-0.2, -0.15) is 0 Å². The van der Waals surface area contributed by atoms with E-state index in [-0.39, 0.29) is 11.8 Å². The predicted octanol–water partition coefficient (Wildman–Crippen LogP) is 3.80. The first kappa shape index (κ1) is 17.2. The summed E-state index contributed by atoms with van der Waals surface area (Å²) in [5.74, 6) is 0.131. The third-order valence-corrected chi connectivity index (χ3v) is 4.61. The van der Waals surface area contributed by atoms with Crippen molar-refractivity contribution in [3.63, 3.8) is 0 Å². The van der Waals surface area contributed by atoms with Crippen molar-refractivity contribution in [2.75, 3.05) is 18.4 Å². The van der Waals surface area contributed by atoms with Crippen molar-refractivity contribution < 1.29 is 9.59 Å². The number of hydrogen-bond acceptors (Lipinski definition) is 2. The molecule has 2 amide bonds. The Labute approximate surface area is 148 Å². The average molecular weight is 336 g/mol. The van der Waals surface area contributed by atoms with Gasteiger partial charge >= 0.3 is 0 Å². The van der Waals surface area contributed by atoms with Gasteiger partial charge in [-0.05, 0) is 56.0 Å². The van der Waals surface area contributed by atoms with E-state index in [2.05, 4.69) is 5.32 Å². The van der Waals surface area contributed by atoms with E-state index in [0.29, 0.717) is 12.0 Å². The monoisotopic (exact) mass is 336 g/mol. The molecule has 4 heteroatoms. The van der Waals surface area contributed by atoms with Crippen LogP contribution in [0.1, 0.15) is 40.7 Å². The number of aryl methyl sites for hydroxylation is 2. The number of hydrogen-bond donors (Lipinski definition) is 1. The first-order valence-corrected chi connectivity index (χ1v) is 8.86. The largest absolute Gasteiger partial charge is 0.343 e. The van der Waals surface area contributed by atoms with Crippen molar-refractivity contribution >= 4 is 17.5 Å². The third-order valence-electron chi connectivity index (χ3n) is 4.61. The van der Waals surface area contributed by atoms with Gasteiger partial charge in [-0.25, -0.2) is 0 Å². The number of carbonyl (C=O) groups is 2. The minimum absolute atomic E-state index is 0.114. The fourth-order valence-corrected chi connectivity index (χ4v) is 3.04. The molecule has 1 saturated heterocycles. The molecule has 1 aliphatic heterocycles. The lowest BCUT2D eigenvalue weighted by molar-refractivity contribution is -0.130. The van der Waals surface area contributed by atoms with Gasteiger partial charge in [-0.1, -0.05) is 29.8 Å². The molecule has 0 bridgehead atoms. The predicted molar refractivity (Wildman–Crippen MR) is 99.7 cm³/mol. The van der Waals surface area contributed by atoms with Gasteiger partial charge in [0, 0.05) is 30.8 Å². The number of amides is 2. The summed E-state index contributed by atoms with van der Waals surface area (Å²) in [6.07, 6.45) is 3.54. The van der Waals surface area contributed by atoms with E-state index in [4.69, 9.17) is 0 Å². The van der Waals surface area contributed by atoms with E-state index in [1.54, 1.807) is 0 Å². The van der Waals surface area contributed by atoms with Crippen LogP contribution in [-0.2, 0) is 11.2 Å². The summed E-state index contributed by atoms with van der Waals surface area (Å²) in [6.45, 7) is 3.81. The number of rotatable bonds is 5. The van der Waals surface area contributed by atoms with E-state index in [1.807, 2.05) is 60.4 Å². The van der Waals surface area contributed by atoms with E-state index in [1.165, 1.54) is 0 Å². The van der Waals surface area contributed by atoms with Crippen molar-refractivity contribution in [1.82, 2.24) is 4.90 Å². The molecule has 2 aromatic carbocycles. The van der Waals surface area contributed by atoms with Gasteiger partial charge < -0.3 is 10.2 Å². The molecule has 1 heterocycles. The molecule has 0 radical (unpaired) electrons. The first-order valence-electron chi connectivity index (χ1n) is 8.86. The summed E-state index contributed by atoms with van der Waals surface area (Å²) in [6, 6.07) is 15.2. The molecule has 25 heavy (non-hydrogen) atoms. The van der Waals surface area contributed by atoms with Crippen LogP contribution >= 0.6 is 0 Å². The molecule has 0 saturated carbocycles. The number of nitrogens with zero attached hydrogens (tertiary/aromatic N) is 1. The van der Waals surface area contributed by atoms with Crippen LogP contribution in [0.25, 0.3) is 0 Å². The Balaban J connectivity index is 1.52. The maximum Gasteiger partial charge on any atom is 0.255 e. The van der Waals surface area contributed by atoms with E-state index < -0.39 is 0 Å². The lowest BCUT2D eigenvalue weighted by Gasteiger charge is -2.15. The van der Waals surface area contributed by atoms with Crippen molar-refractivity contribution in [1.29, 1.82) is 0 Å². The number of anilines is 1. The molecule has 1 N–H and O–H groups in total. The molecule has 1 fully saturated rings. The summed E-state index contributed by atoms with van der Waals surface area (Å²) in [7, 11) is 0. The molecule has 3 rings (SSSR count). The second kappa shape index (κ2) is 7.97. The fraction of sp³-hybridized carbons (Fsp3) is 0.333.